The predicted molar refractivity (Wildman–Crippen MR) is 135 cm³/mol. The van der Waals surface area contributed by atoms with Crippen molar-refractivity contribution in [3.63, 3.8) is 0 Å². The van der Waals surface area contributed by atoms with Gasteiger partial charge in [-0.1, -0.05) is 29.8 Å². The van der Waals surface area contributed by atoms with Gasteiger partial charge in [-0.3, -0.25) is 14.2 Å². The van der Waals surface area contributed by atoms with Gasteiger partial charge in [0, 0.05) is 31.5 Å². The van der Waals surface area contributed by atoms with E-state index in [4.69, 9.17) is 11.4 Å². The Morgan fingerprint density at radius 1 is 1.16 bits per heavy atom. The van der Waals surface area contributed by atoms with Gasteiger partial charge in [-0.15, -0.1) is 12.3 Å². The second-order valence-electron chi connectivity index (χ2n) is 9.10. The Bertz CT molecular complexity index is 1390. The molecule has 1 aliphatic heterocycles. The van der Waals surface area contributed by atoms with Gasteiger partial charge in [0.1, 0.15) is 0 Å². The van der Waals surface area contributed by atoms with Crippen LogP contribution in [0.15, 0.2) is 53.3 Å². The number of carbonyl (C=O) groups is 1. The molecule has 1 atom stereocenters. The van der Waals surface area contributed by atoms with Crippen LogP contribution >= 0.6 is 0 Å². The first kappa shape index (κ1) is 26.0. The molecule has 4 rings (SSSR count). The second-order valence-corrected chi connectivity index (χ2v) is 9.10. The Labute approximate surface area is 213 Å². The van der Waals surface area contributed by atoms with E-state index in [-0.39, 0.29) is 31.0 Å². The highest BCUT2D eigenvalue weighted by molar-refractivity contribution is 5.94. The number of alkyl halides is 3. The van der Waals surface area contributed by atoms with Crippen molar-refractivity contribution in [1.82, 2.24) is 14.5 Å². The molecule has 0 saturated heterocycles. The van der Waals surface area contributed by atoms with Crippen LogP contribution in [-0.2, 0) is 25.7 Å². The summed E-state index contributed by atoms with van der Waals surface area (Å²) in [6, 6.07) is 11.7. The minimum atomic E-state index is -4.42. The molecular weight excluding hydrogens is 481 g/mol. The van der Waals surface area contributed by atoms with Gasteiger partial charge >= 0.3 is 6.18 Å². The van der Waals surface area contributed by atoms with Gasteiger partial charge in [0.25, 0.3) is 11.5 Å². The van der Waals surface area contributed by atoms with Crippen LogP contribution in [0.25, 0.3) is 0 Å². The molecule has 37 heavy (non-hydrogen) atoms. The molecule has 0 unspecified atom stereocenters. The third-order valence-electron chi connectivity index (χ3n) is 6.46. The number of carbonyl (C=O) groups excluding carboxylic acids is 1. The fourth-order valence-electron chi connectivity index (χ4n) is 4.30. The van der Waals surface area contributed by atoms with E-state index in [1.165, 1.54) is 16.7 Å². The average Bonchev–Trinajstić information content (AvgIpc) is 2.88. The van der Waals surface area contributed by atoms with Crippen LogP contribution in [0.1, 0.15) is 57.7 Å². The number of rotatable bonds is 6. The van der Waals surface area contributed by atoms with E-state index in [0.717, 1.165) is 17.7 Å². The van der Waals surface area contributed by atoms with Gasteiger partial charge in [0.05, 0.1) is 29.4 Å². The van der Waals surface area contributed by atoms with Crippen LogP contribution in [0.4, 0.5) is 19.1 Å². The van der Waals surface area contributed by atoms with Crippen molar-refractivity contribution in [3.05, 3.63) is 92.4 Å². The van der Waals surface area contributed by atoms with Crippen molar-refractivity contribution in [1.29, 1.82) is 0 Å². The Balaban J connectivity index is 1.61. The maximum absolute atomic E-state index is 13.5. The van der Waals surface area contributed by atoms with Gasteiger partial charge in [-0.25, -0.2) is 4.98 Å². The number of terminal acetylenes is 1. The molecule has 1 amide bonds. The Morgan fingerprint density at radius 3 is 2.46 bits per heavy atom. The van der Waals surface area contributed by atoms with Crippen molar-refractivity contribution in [2.75, 3.05) is 11.9 Å². The van der Waals surface area contributed by atoms with Crippen LogP contribution < -0.4 is 10.9 Å². The Hall–Kier alpha value is -4.06. The van der Waals surface area contributed by atoms with Crippen molar-refractivity contribution >= 4 is 11.9 Å². The Morgan fingerprint density at radius 2 is 1.84 bits per heavy atom. The molecule has 0 aliphatic carbocycles. The summed E-state index contributed by atoms with van der Waals surface area (Å²) in [6.07, 6.45) is 1.72. The van der Waals surface area contributed by atoms with Gasteiger partial charge in [-0.2, -0.15) is 13.2 Å². The molecule has 9 heteroatoms. The highest BCUT2D eigenvalue weighted by Gasteiger charge is 2.30. The normalized spacial score (nSPS) is 14.0. The average molecular weight is 509 g/mol. The molecule has 0 fully saturated rings. The summed E-state index contributed by atoms with van der Waals surface area (Å²) in [4.78, 5) is 32.9. The predicted octanol–water partition coefficient (Wildman–Crippen LogP) is 4.97. The van der Waals surface area contributed by atoms with Gasteiger partial charge in [0.2, 0.25) is 5.95 Å². The quantitative estimate of drug-likeness (QED) is 0.478. The summed E-state index contributed by atoms with van der Waals surface area (Å²) >= 11 is 0. The third-order valence-corrected chi connectivity index (χ3v) is 6.46. The summed E-state index contributed by atoms with van der Waals surface area (Å²) < 4.78 is 40.2. The molecule has 1 N–H and O–H groups in total. The molecular formula is C28H27F3N4O2. The van der Waals surface area contributed by atoms with Gasteiger partial charge in [0.15, 0.2) is 0 Å². The molecule has 0 saturated carbocycles. The fraction of sp³-hybridized carbons (Fsp3) is 0.321. The molecule has 0 bridgehead atoms. The van der Waals surface area contributed by atoms with Gasteiger partial charge < -0.3 is 10.2 Å². The monoisotopic (exact) mass is 508 g/mol. The molecule has 2 aromatic carbocycles. The number of fused-ring (bicyclic) bond motifs is 1. The molecule has 192 valence electrons. The van der Waals surface area contributed by atoms with E-state index in [2.05, 4.69) is 11.2 Å². The number of aryl methyl sites for hydroxylation is 1. The zero-order chi connectivity index (χ0) is 26.7. The number of benzene rings is 2. The summed E-state index contributed by atoms with van der Waals surface area (Å²) in [7, 11) is 0. The lowest BCUT2D eigenvalue weighted by Crippen LogP contribution is -2.41. The highest BCUT2D eigenvalue weighted by Crippen LogP contribution is 2.30. The molecule has 3 aromatic rings. The highest BCUT2D eigenvalue weighted by atomic mass is 19.4. The van der Waals surface area contributed by atoms with E-state index in [1.54, 1.807) is 24.0 Å². The van der Waals surface area contributed by atoms with Crippen LogP contribution in [0, 0.1) is 19.3 Å². The number of nitrogens with zero attached hydrogens (tertiary/aromatic N) is 3. The molecule has 6 nitrogen and oxygen atoms in total. The maximum Gasteiger partial charge on any atom is 0.416 e. The maximum atomic E-state index is 13.5. The Kier molecular flexibility index (Phi) is 7.39. The number of amides is 1. The minimum Gasteiger partial charge on any atom is -0.349 e. The van der Waals surface area contributed by atoms with Crippen molar-refractivity contribution in [2.24, 2.45) is 0 Å². The summed E-state index contributed by atoms with van der Waals surface area (Å²) in [5.74, 6) is 2.66. The third kappa shape index (κ3) is 5.69. The van der Waals surface area contributed by atoms with E-state index in [1.807, 2.05) is 19.1 Å². The van der Waals surface area contributed by atoms with E-state index in [9.17, 15) is 22.8 Å². The van der Waals surface area contributed by atoms with Crippen molar-refractivity contribution < 1.29 is 18.0 Å². The van der Waals surface area contributed by atoms with Crippen LogP contribution in [-0.4, -0.2) is 26.9 Å². The van der Waals surface area contributed by atoms with Crippen LogP contribution in [0.2, 0.25) is 0 Å². The number of nitrogens with one attached hydrogen (secondary N) is 1. The first-order valence-electron chi connectivity index (χ1n) is 11.9. The zero-order valence-corrected chi connectivity index (χ0v) is 20.6. The van der Waals surface area contributed by atoms with Crippen LogP contribution in [0.5, 0.6) is 0 Å². The number of aromatic nitrogens is 2. The largest absolute Gasteiger partial charge is 0.416 e. The lowest BCUT2D eigenvalue weighted by molar-refractivity contribution is -0.137. The molecule has 0 radical (unpaired) electrons. The summed E-state index contributed by atoms with van der Waals surface area (Å²) in [5.41, 5.74) is 2.23. The SMILES string of the molecule is C#CCCn1c(N[C@@H](C)c2ccc(C(F)(F)F)cc2)nc2c(c1=O)CN(C(=O)c1ccc(C)cc1)CC2. The molecule has 2 heterocycles. The summed E-state index contributed by atoms with van der Waals surface area (Å²) in [5, 5.41) is 3.17. The van der Waals surface area contributed by atoms with Crippen molar-refractivity contribution in [3.8, 4) is 12.3 Å². The fourth-order valence-corrected chi connectivity index (χ4v) is 4.30. The van der Waals surface area contributed by atoms with E-state index in [0.29, 0.717) is 41.3 Å². The molecule has 1 aromatic heterocycles. The lowest BCUT2D eigenvalue weighted by Gasteiger charge is -2.29. The summed E-state index contributed by atoms with van der Waals surface area (Å²) in [6.45, 7) is 4.48. The molecule has 1 aliphatic rings. The first-order chi connectivity index (χ1) is 17.6. The smallest absolute Gasteiger partial charge is 0.349 e. The number of hydrogen-bond acceptors (Lipinski definition) is 4. The van der Waals surface area contributed by atoms with E-state index < -0.39 is 17.8 Å². The van der Waals surface area contributed by atoms with Crippen LogP contribution in [0.3, 0.4) is 0 Å². The standard InChI is InChI=1S/C28H27F3N4O2/c1-4-5-15-35-26(37)23-17-34(25(36)21-8-6-18(2)7-9-21)16-14-24(23)33-27(35)32-19(3)20-10-12-22(13-11-20)28(29,30)31/h1,6-13,19H,5,14-17H2,2-3H3,(H,32,33)/t19-/m0/s1. The number of anilines is 1. The topological polar surface area (TPSA) is 67.2 Å². The first-order valence-corrected chi connectivity index (χ1v) is 11.9. The van der Waals surface area contributed by atoms with E-state index >= 15 is 0 Å². The van der Waals surface area contributed by atoms with Crippen molar-refractivity contribution in [2.45, 2.75) is 52.0 Å². The lowest BCUT2D eigenvalue weighted by atomic mass is 10.0. The minimum absolute atomic E-state index is 0.138. The zero-order valence-electron chi connectivity index (χ0n) is 20.6. The number of hydrogen-bond donors (Lipinski definition) is 1. The number of halogens is 3. The second kappa shape index (κ2) is 10.5. The molecule has 0 spiro atoms. The van der Waals surface area contributed by atoms with Gasteiger partial charge in [-0.05, 0) is 43.7 Å².